The highest BCUT2D eigenvalue weighted by Crippen LogP contribution is 2.32. The molecule has 9 rings (SSSR count). The van der Waals surface area contributed by atoms with Gasteiger partial charge in [-0.1, -0.05) is 18.1 Å². The number of nitrogens with one attached hydrogen (secondary N) is 2. The average Bonchev–Trinajstić information content (AvgIpc) is 3.70. The molecule has 15 nitrogen and oxygen atoms in total. The number of imide groups is 2. The van der Waals surface area contributed by atoms with E-state index in [9.17, 15) is 19.2 Å². The van der Waals surface area contributed by atoms with Crippen LogP contribution in [0.5, 0.6) is 17.5 Å². The minimum Gasteiger partial charge on any atom is -0.489 e. The zero-order valence-corrected chi connectivity index (χ0v) is 30.3. The van der Waals surface area contributed by atoms with Crippen LogP contribution in [0.2, 0.25) is 0 Å². The van der Waals surface area contributed by atoms with Gasteiger partial charge in [0.15, 0.2) is 0 Å². The zero-order chi connectivity index (χ0) is 38.9. The number of piperidine rings is 1. The summed E-state index contributed by atoms with van der Waals surface area (Å²) in [6, 6.07) is 16.1. The van der Waals surface area contributed by atoms with E-state index in [0.717, 1.165) is 50.7 Å². The number of aromatic amines is 1. The minimum absolute atomic E-state index is 0.0179. The summed E-state index contributed by atoms with van der Waals surface area (Å²) in [7, 11) is 0. The van der Waals surface area contributed by atoms with E-state index in [4.69, 9.17) is 18.9 Å². The maximum atomic E-state index is 13.0. The first kappa shape index (κ1) is 35.5. The molecule has 2 N–H and O–H groups in total. The Morgan fingerprint density at radius 1 is 0.754 bits per heavy atom. The van der Waals surface area contributed by atoms with Gasteiger partial charge in [0.2, 0.25) is 23.6 Å². The monoisotopic (exact) mass is 763 g/mol. The normalized spacial score (nSPS) is 18.8. The lowest BCUT2D eigenvalue weighted by Crippen LogP contribution is -2.54. The molecule has 7 heterocycles. The molecule has 1 saturated heterocycles. The SMILES string of the molecule is O=C1CCC(N2C(=O)c3cnc(OCCOCC#Cc4ccc(O[C@H]5C[C@H](Oc6ccc(-c7ccc8c(c7)[nH]c7ccncc78)cn6)C5)cn4)cc3C2=O)C(=O)N1. The Bertz CT molecular complexity index is 2610. The Morgan fingerprint density at radius 2 is 1.60 bits per heavy atom. The highest BCUT2D eigenvalue weighted by atomic mass is 16.5. The first-order valence-corrected chi connectivity index (χ1v) is 18.4. The molecule has 1 atom stereocenters. The average molecular weight is 764 g/mol. The summed E-state index contributed by atoms with van der Waals surface area (Å²) in [5.74, 6) is 4.84. The molecular weight excluding hydrogens is 731 g/mol. The summed E-state index contributed by atoms with van der Waals surface area (Å²) < 4.78 is 23.3. The number of rotatable bonds is 11. The summed E-state index contributed by atoms with van der Waals surface area (Å²) in [6.45, 7) is 0.446. The summed E-state index contributed by atoms with van der Waals surface area (Å²) in [5.41, 5.74) is 4.91. The number of fused-ring (bicyclic) bond motifs is 4. The van der Waals surface area contributed by atoms with Crippen molar-refractivity contribution in [2.45, 2.75) is 43.9 Å². The number of aromatic nitrogens is 5. The first-order chi connectivity index (χ1) is 27.9. The number of hydrogen-bond acceptors (Lipinski definition) is 12. The fourth-order valence-electron chi connectivity index (χ4n) is 7.02. The Balaban J connectivity index is 0.679. The molecule has 6 aromatic rings. The van der Waals surface area contributed by atoms with Gasteiger partial charge in [-0.05, 0) is 48.2 Å². The fraction of sp³-hybridized carbons (Fsp3) is 0.238. The predicted octanol–water partition coefficient (Wildman–Crippen LogP) is 4.41. The van der Waals surface area contributed by atoms with Crippen LogP contribution in [0.15, 0.2) is 85.6 Å². The van der Waals surface area contributed by atoms with E-state index in [1.165, 1.54) is 12.3 Å². The number of H-pyrrole nitrogens is 1. The molecule has 0 spiro atoms. The molecule has 15 heteroatoms. The number of carbonyl (C=O) groups excluding carboxylic acids is 4. The Labute approximate surface area is 324 Å². The van der Waals surface area contributed by atoms with Gasteiger partial charge < -0.3 is 23.9 Å². The van der Waals surface area contributed by atoms with E-state index in [1.54, 1.807) is 18.5 Å². The molecule has 57 heavy (non-hydrogen) atoms. The number of hydrogen-bond donors (Lipinski definition) is 2. The quantitative estimate of drug-likeness (QED) is 0.108. The van der Waals surface area contributed by atoms with Gasteiger partial charge in [-0.2, -0.15) is 0 Å². The Kier molecular flexibility index (Phi) is 9.45. The van der Waals surface area contributed by atoms with Crippen LogP contribution in [0.1, 0.15) is 52.1 Å². The molecule has 0 bridgehead atoms. The van der Waals surface area contributed by atoms with Crippen molar-refractivity contribution in [3.63, 3.8) is 0 Å². The predicted molar refractivity (Wildman–Crippen MR) is 203 cm³/mol. The van der Waals surface area contributed by atoms with Crippen LogP contribution < -0.4 is 19.5 Å². The van der Waals surface area contributed by atoms with Crippen LogP contribution in [0.25, 0.3) is 32.9 Å². The third-order valence-electron chi connectivity index (χ3n) is 10.0. The number of benzene rings is 1. The number of amides is 4. The van der Waals surface area contributed by atoms with Crippen molar-refractivity contribution in [1.29, 1.82) is 0 Å². The van der Waals surface area contributed by atoms with Gasteiger partial charge in [-0.25, -0.2) is 15.0 Å². The lowest BCUT2D eigenvalue weighted by Gasteiger charge is -2.34. The molecule has 284 valence electrons. The smallest absolute Gasteiger partial charge is 0.263 e. The van der Waals surface area contributed by atoms with Crippen LogP contribution in [0.3, 0.4) is 0 Å². The molecule has 1 aromatic carbocycles. The largest absolute Gasteiger partial charge is 0.489 e. The van der Waals surface area contributed by atoms with Crippen molar-refractivity contribution in [3.05, 3.63) is 102 Å². The molecule has 2 fully saturated rings. The second kappa shape index (κ2) is 15.2. The van der Waals surface area contributed by atoms with Crippen LogP contribution >= 0.6 is 0 Å². The van der Waals surface area contributed by atoms with Crippen molar-refractivity contribution < 1.29 is 38.1 Å². The summed E-state index contributed by atoms with van der Waals surface area (Å²) in [6.07, 6.45) is 10.0. The molecule has 1 saturated carbocycles. The number of nitrogens with zero attached hydrogens (tertiary/aromatic N) is 5. The van der Waals surface area contributed by atoms with Crippen LogP contribution in [-0.4, -0.2) is 91.5 Å². The van der Waals surface area contributed by atoms with Crippen molar-refractivity contribution in [2.24, 2.45) is 0 Å². The molecule has 2 aliphatic heterocycles. The van der Waals surface area contributed by atoms with Gasteiger partial charge in [-0.3, -0.25) is 34.4 Å². The van der Waals surface area contributed by atoms with Crippen molar-refractivity contribution in [2.75, 3.05) is 19.8 Å². The second-order valence-electron chi connectivity index (χ2n) is 13.7. The third-order valence-corrected chi connectivity index (χ3v) is 10.0. The second-order valence-corrected chi connectivity index (χ2v) is 13.7. The molecule has 4 amide bonds. The van der Waals surface area contributed by atoms with Crippen LogP contribution in [0.4, 0.5) is 0 Å². The van der Waals surface area contributed by atoms with Crippen molar-refractivity contribution >= 4 is 45.4 Å². The topological polar surface area (TPSA) is 188 Å². The van der Waals surface area contributed by atoms with Gasteiger partial charge in [0.1, 0.15) is 42.9 Å². The highest BCUT2D eigenvalue weighted by Gasteiger charge is 2.45. The van der Waals surface area contributed by atoms with Crippen molar-refractivity contribution in [1.82, 2.24) is 35.1 Å². The number of carbonyl (C=O) groups is 4. The number of ether oxygens (including phenoxy) is 4. The molecule has 1 aliphatic carbocycles. The van der Waals surface area contributed by atoms with Gasteiger partial charge in [0.25, 0.3) is 11.8 Å². The van der Waals surface area contributed by atoms with E-state index in [1.807, 2.05) is 36.7 Å². The maximum Gasteiger partial charge on any atom is 0.263 e. The van der Waals surface area contributed by atoms with E-state index in [0.29, 0.717) is 17.3 Å². The van der Waals surface area contributed by atoms with E-state index >= 15 is 0 Å². The summed E-state index contributed by atoms with van der Waals surface area (Å²) >= 11 is 0. The van der Waals surface area contributed by atoms with Crippen LogP contribution in [-0.2, 0) is 14.3 Å². The fourth-order valence-corrected chi connectivity index (χ4v) is 7.02. The zero-order valence-electron chi connectivity index (χ0n) is 30.3. The van der Waals surface area contributed by atoms with Gasteiger partial charge >= 0.3 is 0 Å². The molecule has 3 aliphatic rings. The number of pyridine rings is 4. The molecular formula is C42H33N7O8. The van der Waals surface area contributed by atoms with Crippen molar-refractivity contribution in [3.8, 4) is 40.5 Å². The minimum atomic E-state index is -1.05. The third kappa shape index (κ3) is 7.33. The maximum absolute atomic E-state index is 13.0. The molecule has 1 unspecified atom stereocenters. The van der Waals surface area contributed by atoms with Gasteiger partial charge in [-0.15, -0.1) is 0 Å². The van der Waals surface area contributed by atoms with E-state index < -0.39 is 29.7 Å². The summed E-state index contributed by atoms with van der Waals surface area (Å²) in [5, 5.41) is 4.41. The lowest BCUT2D eigenvalue weighted by molar-refractivity contribution is -0.136. The van der Waals surface area contributed by atoms with E-state index in [2.05, 4.69) is 60.3 Å². The molecule has 0 radical (unpaired) electrons. The van der Waals surface area contributed by atoms with Gasteiger partial charge in [0, 0.05) is 83.6 Å². The molecule has 5 aromatic heterocycles. The Hall–Kier alpha value is -7.18. The van der Waals surface area contributed by atoms with E-state index in [-0.39, 0.29) is 61.9 Å². The van der Waals surface area contributed by atoms with Gasteiger partial charge in [0.05, 0.1) is 23.9 Å². The highest BCUT2D eigenvalue weighted by molar-refractivity contribution is 6.23. The lowest BCUT2D eigenvalue weighted by atomic mass is 9.92. The Morgan fingerprint density at radius 3 is 2.42 bits per heavy atom. The standard InChI is InChI=1S/C42H33N7O8/c50-37-9-8-36(40(51)48-37)49-41(52)31-19-39(46-23-33(31)42(49)53)55-15-14-54-13-1-2-26-5-6-27(21-44-26)56-28-17-29(18-28)57-38-10-4-25(20-45-38)24-3-7-30-32-22-43-12-11-34(32)47-35(30)16-24/h3-7,10-12,16,19-23,28-29,36,47H,8-9,13-15,17-18H2,(H,48,50,51)/t28-,29-,36?. The first-order valence-electron chi connectivity index (χ1n) is 18.4. The summed E-state index contributed by atoms with van der Waals surface area (Å²) in [4.78, 5) is 71.1. The van der Waals surface area contributed by atoms with Crippen LogP contribution in [0, 0.1) is 11.8 Å².